The van der Waals surface area contributed by atoms with Gasteiger partial charge in [-0.3, -0.25) is 4.79 Å². The second-order valence-electron chi connectivity index (χ2n) is 6.24. The molecule has 3 nitrogen and oxygen atoms in total. The molecule has 0 aliphatic heterocycles. The summed E-state index contributed by atoms with van der Waals surface area (Å²) in [6.45, 7) is 6.03. The van der Waals surface area contributed by atoms with Crippen LogP contribution in [0.2, 0.25) is 0 Å². The number of carbonyl (C=O) groups excluding carboxylic acids is 1. The summed E-state index contributed by atoms with van der Waals surface area (Å²) in [7, 11) is 0. The molecule has 0 bridgehead atoms. The van der Waals surface area contributed by atoms with E-state index in [1.165, 1.54) is 38.5 Å². The fourth-order valence-electron chi connectivity index (χ4n) is 2.77. The molecule has 0 aromatic rings. The second-order valence-corrected chi connectivity index (χ2v) is 6.24. The van der Waals surface area contributed by atoms with Gasteiger partial charge in [0.05, 0.1) is 6.04 Å². The first-order valence-electron chi connectivity index (χ1n) is 7.69. The van der Waals surface area contributed by atoms with Gasteiger partial charge in [-0.25, -0.2) is 0 Å². The minimum Gasteiger partial charge on any atom is -0.355 e. The van der Waals surface area contributed by atoms with Gasteiger partial charge in [-0.05, 0) is 50.4 Å². The summed E-state index contributed by atoms with van der Waals surface area (Å²) < 4.78 is 0. The largest absolute Gasteiger partial charge is 0.355 e. The van der Waals surface area contributed by atoms with Gasteiger partial charge < -0.3 is 10.6 Å². The molecule has 2 aliphatic carbocycles. The monoisotopic (exact) mass is 252 g/mol. The van der Waals surface area contributed by atoms with Crippen molar-refractivity contribution in [1.29, 1.82) is 0 Å². The summed E-state index contributed by atoms with van der Waals surface area (Å²) in [6, 6.07) is -0.0390. The minimum atomic E-state index is -0.0390. The van der Waals surface area contributed by atoms with Crippen LogP contribution in [-0.2, 0) is 4.79 Å². The zero-order valence-corrected chi connectivity index (χ0v) is 11.9. The van der Waals surface area contributed by atoms with Crippen LogP contribution in [0.4, 0.5) is 0 Å². The lowest BCUT2D eigenvalue weighted by Crippen LogP contribution is -2.44. The molecule has 18 heavy (non-hydrogen) atoms. The lowest BCUT2D eigenvalue weighted by atomic mass is 10.0. The number of carbonyl (C=O) groups is 1. The van der Waals surface area contributed by atoms with E-state index in [9.17, 15) is 4.79 Å². The lowest BCUT2D eigenvalue weighted by Gasteiger charge is -2.19. The SMILES string of the molecule is CCCCCNC(=O)C(C)NCC1(C2CC2)CC1. The maximum atomic E-state index is 11.9. The highest BCUT2D eigenvalue weighted by molar-refractivity contribution is 5.81. The van der Waals surface area contributed by atoms with E-state index in [2.05, 4.69) is 17.6 Å². The van der Waals surface area contributed by atoms with E-state index >= 15 is 0 Å². The van der Waals surface area contributed by atoms with E-state index < -0.39 is 0 Å². The Morgan fingerprint density at radius 1 is 1.33 bits per heavy atom. The summed E-state index contributed by atoms with van der Waals surface area (Å²) in [5, 5.41) is 6.45. The first-order chi connectivity index (χ1) is 8.68. The molecule has 2 rings (SSSR count). The van der Waals surface area contributed by atoms with Crippen molar-refractivity contribution < 1.29 is 4.79 Å². The molecule has 2 saturated carbocycles. The molecule has 2 N–H and O–H groups in total. The Bertz CT molecular complexity index is 282. The van der Waals surface area contributed by atoms with E-state index in [1.807, 2.05) is 6.92 Å². The van der Waals surface area contributed by atoms with Crippen LogP contribution < -0.4 is 10.6 Å². The zero-order chi connectivity index (χ0) is 13.0. The molecule has 0 aromatic carbocycles. The van der Waals surface area contributed by atoms with Crippen molar-refractivity contribution in [3.63, 3.8) is 0 Å². The Labute approximate surface area is 111 Å². The van der Waals surface area contributed by atoms with Crippen molar-refractivity contribution in [1.82, 2.24) is 10.6 Å². The van der Waals surface area contributed by atoms with Gasteiger partial charge in [0, 0.05) is 13.1 Å². The normalized spacial score (nSPS) is 22.6. The van der Waals surface area contributed by atoms with Crippen molar-refractivity contribution in [3.05, 3.63) is 0 Å². The highest BCUT2D eigenvalue weighted by Crippen LogP contribution is 2.60. The van der Waals surface area contributed by atoms with Gasteiger partial charge in [0.25, 0.3) is 0 Å². The Balaban J connectivity index is 1.58. The van der Waals surface area contributed by atoms with Crippen LogP contribution in [0.1, 0.15) is 58.8 Å². The average Bonchev–Trinajstić information content (AvgIpc) is 3.23. The zero-order valence-electron chi connectivity index (χ0n) is 11.9. The van der Waals surface area contributed by atoms with Crippen molar-refractivity contribution in [2.75, 3.05) is 13.1 Å². The summed E-state index contributed by atoms with van der Waals surface area (Å²) in [5.41, 5.74) is 0.580. The number of unbranched alkanes of at least 4 members (excludes halogenated alkanes) is 2. The van der Waals surface area contributed by atoms with E-state index in [-0.39, 0.29) is 11.9 Å². The number of hydrogen-bond acceptors (Lipinski definition) is 2. The first-order valence-corrected chi connectivity index (χ1v) is 7.69. The standard InChI is InChI=1S/C15H28N2O/c1-3-4-5-10-16-14(18)12(2)17-11-15(8-9-15)13-6-7-13/h12-13,17H,3-11H2,1-2H3,(H,16,18). The predicted octanol–water partition coefficient (Wildman–Crippen LogP) is 2.46. The maximum Gasteiger partial charge on any atom is 0.236 e. The molecular formula is C15H28N2O. The Morgan fingerprint density at radius 3 is 2.61 bits per heavy atom. The van der Waals surface area contributed by atoms with Crippen molar-refractivity contribution in [2.45, 2.75) is 64.8 Å². The van der Waals surface area contributed by atoms with Crippen LogP contribution in [0.3, 0.4) is 0 Å². The molecule has 1 amide bonds. The third-order valence-corrected chi connectivity index (χ3v) is 4.57. The number of hydrogen-bond donors (Lipinski definition) is 2. The molecule has 1 atom stereocenters. The molecule has 2 aliphatic rings. The van der Waals surface area contributed by atoms with Crippen molar-refractivity contribution in [3.8, 4) is 0 Å². The highest BCUT2D eigenvalue weighted by atomic mass is 16.2. The summed E-state index contributed by atoms with van der Waals surface area (Å²) >= 11 is 0. The number of rotatable bonds is 9. The summed E-state index contributed by atoms with van der Waals surface area (Å²) in [5.74, 6) is 1.13. The van der Waals surface area contributed by atoms with Crippen LogP contribution in [0.5, 0.6) is 0 Å². The second kappa shape index (κ2) is 6.05. The molecule has 0 spiro atoms. The van der Waals surface area contributed by atoms with Gasteiger partial charge in [0.2, 0.25) is 5.91 Å². The predicted molar refractivity (Wildman–Crippen MR) is 74.4 cm³/mol. The van der Waals surface area contributed by atoms with Gasteiger partial charge in [-0.15, -0.1) is 0 Å². The van der Waals surface area contributed by atoms with Crippen LogP contribution in [-0.4, -0.2) is 25.0 Å². The molecule has 104 valence electrons. The van der Waals surface area contributed by atoms with Crippen molar-refractivity contribution in [2.24, 2.45) is 11.3 Å². The smallest absolute Gasteiger partial charge is 0.236 e. The van der Waals surface area contributed by atoms with Gasteiger partial charge in [-0.1, -0.05) is 19.8 Å². The minimum absolute atomic E-state index is 0.0390. The van der Waals surface area contributed by atoms with E-state index in [0.29, 0.717) is 5.41 Å². The van der Waals surface area contributed by atoms with Gasteiger partial charge in [-0.2, -0.15) is 0 Å². The van der Waals surface area contributed by atoms with Crippen molar-refractivity contribution >= 4 is 5.91 Å². The number of amides is 1. The average molecular weight is 252 g/mol. The van der Waals surface area contributed by atoms with Gasteiger partial charge in [0.1, 0.15) is 0 Å². The van der Waals surface area contributed by atoms with Crippen LogP contribution in [0, 0.1) is 11.3 Å². The lowest BCUT2D eigenvalue weighted by molar-refractivity contribution is -0.122. The molecule has 0 heterocycles. The molecule has 1 unspecified atom stereocenters. The molecule has 0 radical (unpaired) electrons. The third kappa shape index (κ3) is 3.71. The Kier molecular flexibility index (Phi) is 4.66. The first kappa shape index (κ1) is 13.9. The molecule has 0 aromatic heterocycles. The van der Waals surface area contributed by atoms with Gasteiger partial charge in [0.15, 0.2) is 0 Å². The third-order valence-electron chi connectivity index (χ3n) is 4.57. The molecule has 0 saturated heterocycles. The molecule has 2 fully saturated rings. The quantitative estimate of drug-likeness (QED) is 0.619. The number of nitrogens with one attached hydrogen (secondary N) is 2. The van der Waals surface area contributed by atoms with E-state index in [4.69, 9.17) is 0 Å². The van der Waals surface area contributed by atoms with Crippen LogP contribution >= 0.6 is 0 Å². The van der Waals surface area contributed by atoms with E-state index in [1.54, 1.807) is 0 Å². The molecular weight excluding hydrogens is 224 g/mol. The summed E-state index contributed by atoms with van der Waals surface area (Å²) in [4.78, 5) is 11.9. The Hall–Kier alpha value is -0.570. The molecule has 3 heteroatoms. The fourth-order valence-corrected chi connectivity index (χ4v) is 2.77. The Morgan fingerprint density at radius 2 is 2.06 bits per heavy atom. The summed E-state index contributed by atoms with van der Waals surface area (Å²) in [6.07, 6.45) is 9.07. The van der Waals surface area contributed by atoms with Crippen LogP contribution in [0.15, 0.2) is 0 Å². The maximum absolute atomic E-state index is 11.9. The van der Waals surface area contributed by atoms with E-state index in [0.717, 1.165) is 25.4 Å². The van der Waals surface area contributed by atoms with Gasteiger partial charge >= 0.3 is 0 Å². The van der Waals surface area contributed by atoms with Crippen LogP contribution in [0.25, 0.3) is 0 Å². The fraction of sp³-hybridized carbons (Fsp3) is 0.933. The highest BCUT2D eigenvalue weighted by Gasteiger charge is 2.53. The topological polar surface area (TPSA) is 41.1 Å².